The summed E-state index contributed by atoms with van der Waals surface area (Å²) >= 11 is 0. The standard InChI is InChI=1S/C17H19N5O/c1-11(2)22-16-14(10-20-22)7-15(9-19-16)17(23)21-12(3)13-5-4-6-18-8-13/h4-12H,1-3H3,(H,21,23)/t12-/m0/s1. The Labute approximate surface area is 134 Å². The van der Waals surface area contributed by atoms with E-state index in [1.165, 1.54) is 0 Å². The second kappa shape index (κ2) is 6.16. The minimum absolute atomic E-state index is 0.120. The van der Waals surface area contributed by atoms with Crippen molar-refractivity contribution in [1.29, 1.82) is 0 Å². The molecule has 0 aliphatic rings. The molecule has 6 heteroatoms. The molecular formula is C17H19N5O. The van der Waals surface area contributed by atoms with Crippen molar-refractivity contribution in [2.24, 2.45) is 0 Å². The predicted molar refractivity (Wildman–Crippen MR) is 88.0 cm³/mol. The van der Waals surface area contributed by atoms with Gasteiger partial charge in [-0.25, -0.2) is 9.67 Å². The Balaban J connectivity index is 1.81. The van der Waals surface area contributed by atoms with Gasteiger partial charge in [0.1, 0.15) is 0 Å². The molecule has 1 N–H and O–H groups in total. The molecule has 0 aliphatic heterocycles. The Morgan fingerprint density at radius 1 is 1.22 bits per heavy atom. The maximum Gasteiger partial charge on any atom is 0.253 e. The predicted octanol–water partition coefficient (Wildman–Crippen LogP) is 2.90. The van der Waals surface area contributed by atoms with E-state index in [1.807, 2.05) is 43.7 Å². The quantitative estimate of drug-likeness (QED) is 0.804. The molecule has 0 aliphatic carbocycles. The van der Waals surface area contributed by atoms with Crippen molar-refractivity contribution in [3.05, 3.63) is 54.1 Å². The number of pyridine rings is 2. The van der Waals surface area contributed by atoms with Gasteiger partial charge < -0.3 is 5.32 Å². The van der Waals surface area contributed by atoms with Crippen molar-refractivity contribution in [2.45, 2.75) is 32.9 Å². The summed E-state index contributed by atoms with van der Waals surface area (Å²) in [5.41, 5.74) is 2.27. The molecular weight excluding hydrogens is 290 g/mol. The lowest BCUT2D eigenvalue weighted by Crippen LogP contribution is -2.26. The van der Waals surface area contributed by atoms with E-state index in [1.54, 1.807) is 24.8 Å². The zero-order valence-corrected chi connectivity index (χ0v) is 13.4. The first-order valence-corrected chi connectivity index (χ1v) is 7.60. The highest BCUT2D eigenvalue weighted by Crippen LogP contribution is 2.17. The Hall–Kier alpha value is -2.76. The summed E-state index contributed by atoms with van der Waals surface area (Å²) in [6.45, 7) is 6.02. The van der Waals surface area contributed by atoms with E-state index in [2.05, 4.69) is 20.4 Å². The van der Waals surface area contributed by atoms with Crippen LogP contribution in [0.1, 0.15) is 48.8 Å². The largest absolute Gasteiger partial charge is 0.345 e. The van der Waals surface area contributed by atoms with Crippen molar-refractivity contribution >= 4 is 16.9 Å². The van der Waals surface area contributed by atoms with E-state index in [4.69, 9.17) is 0 Å². The van der Waals surface area contributed by atoms with E-state index >= 15 is 0 Å². The van der Waals surface area contributed by atoms with Gasteiger partial charge in [-0.15, -0.1) is 0 Å². The molecule has 118 valence electrons. The number of carbonyl (C=O) groups excluding carboxylic acids is 1. The smallest absolute Gasteiger partial charge is 0.253 e. The average Bonchev–Trinajstić information content (AvgIpc) is 2.98. The van der Waals surface area contributed by atoms with Gasteiger partial charge in [-0.3, -0.25) is 9.78 Å². The van der Waals surface area contributed by atoms with Gasteiger partial charge in [-0.1, -0.05) is 6.07 Å². The van der Waals surface area contributed by atoms with Crippen molar-refractivity contribution < 1.29 is 4.79 Å². The number of hydrogen-bond acceptors (Lipinski definition) is 4. The van der Waals surface area contributed by atoms with Gasteiger partial charge in [0.2, 0.25) is 0 Å². The number of nitrogens with one attached hydrogen (secondary N) is 1. The van der Waals surface area contributed by atoms with Crippen molar-refractivity contribution in [3.63, 3.8) is 0 Å². The van der Waals surface area contributed by atoms with Crippen molar-refractivity contribution in [1.82, 2.24) is 25.1 Å². The van der Waals surface area contributed by atoms with E-state index < -0.39 is 0 Å². The minimum atomic E-state index is -0.159. The summed E-state index contributed by atoms with van der Waals surface area (Å²) in [5.74, 6) is -0.159. The molecule has 1 amide bonds. The van der Waals surface area contributed by atoms with Gasteiger partial charge in [-0.05, 0) is 38.5 Å². The highest BCUT2D eigenvalue weighted by molar-refractivity contribution is 5.97. The molecule has 0 saturated heterocycles. The highest BCUT2D eigenvalue weighted by atomic mass is 16.1. The van der Waals surface area contributed by atoms with Gasteiger partial charge in [0.05, 0.1) is 17.8 Å². The number of rotatable bonds is 4. The summed E-state index contributed by atoms with van der Waals surface area (Å²) in [7, 11) is 0. The van der Waals surface area contributed by atoms with Gasteiger partial charge >= 0.3 is 0 Å². The first kappa shape index (κ1) is 15.1. The van der Waals surface area contributed by atoms with Gasteiger partial charge in [0.15, 0.2) is 5.65 Å². The van der Waals surface area contributed by atoms with Crippen LogP contribution in [0.3, 0.4) is 0 Å². The number of aromatic nitrogens is 4. The van der Waals surface area contributed by atoms with Crippen LogP contribution in [0.4, 0.5) is 0 Å². The third-order valence-electron chi connectivity index (χ3n) is 3.72. The Morgan fingerprint density at radius 2 is 2.04 bits per heavy atom. The lowest BCUT2D eigenvalue weighted by molar-refractivity contribution is 0.0939. The second-order valence-corrected chi connectivity index (χ2v) is 5.80. The molecule has 6 nitrogen and oxygen atoms in total. The number of hydrogen-bond donors (Lipinski definition) is 1. The lowest BCUT2D eigenvalue weighted by Gasteiger charge is -2.13. The first-order chi connectivity index (χ1) is 11.1. The minimum Gasteiger partial charge on any atom is -0.345 e. The van der Waals surface area contributed by atoms with E-state index in [0.29, 0.717) is 5.56 Å². The lowest BCUT2D eigenvalue weighted by atomic mass is 10.1. The second-order valence-electron chi connectivity index (χ2n) is 5.80. The molecule has 0 aromatic carbocycles. The van der Waals surface area contributed by atoms with Crippen LogP contribution in [-0.2, 0) is 0 Å². The fraction of sp³-hybridized carbons (Fsp3) is 0.294. The van der Waals surface area contributed by atoms with Crippen molar-refractivity contribution in [2.75, 3.05) is 0 Å². The molecule has 0 spiro atoms. The monoisotopic (exact) mass is 309 g/mol. The molecule has 0 unspecified atom stereocenters. The summed E-state index contributed by atoms with van der Waals surface area (Å²) in [5, 5.41) is 8.14. The Morgan fingerprint density at radius 3 is 2.74 bits per heavy atom. The number of fused-ring (bicyclic) bond motifs is 1. The van der Waals surface area contributed by atoms with Gasteiger partial charge in [0.25, 0.3) is 5.91 Å². The van der Waals surface area contributed by atoms with Crippen molar-refractivity contribution in [3.8, 4) is 0 Å². The van der Waals surface area contributed by atoms with E-state index in [9.17, 15) is 4.79 Å². The SMILES string of the molecule is CC(C)n1ncc2cc(C(=O)N[C@@H](C)c3cccnc3)cnc21. The zero-order valence-electron chi connectivity index (χ0n) is 13.4. The van der Waals surface area contributed by atoms with E-state index in [-0.39, 0.29) is 18.0 Å². The van der Waals surface area contributed by atoms with Crippen LogP contribution in [0.2, 0.25) is 0 Å². The molecule has 3 rings (SSSR count). The summed E-state index contributed by atoms with van der Waals surface area (Å²) in [6, 6.07) is 5.72. The van der Waals surface area contributed by atoms with Crippen LogP contribution in [0.15, 0.2) is 43.0 Å². The Kier molecular flexibility index (Phi) is 4.06. The number of carbonyl (C=O) groups is 1. The summed E-state index contributed by atoms with van der Waals surface area (Å²) < 4.78 is 1.84. The maximum atomic E-state index is 12.4. The zero-order chi connectivity index (χ0) is 16.4. The topological polar surface area (TPSA) is 72.7 Å². The molecule has 0 radical (unpaired) electrons. The summed E-state index contributed by atoms with van der Waals surface area (Å²) in [4.78, 5) is 20.9. The van der Waals surface area contributed by atoms with Gasteiger partial charge in [0, 0.05) is 30.0 Å². The van der Waals surface area contributed by atoms with Gasteiger partial charge in [-0.2, -0.15) is 5.10 Å². The Bertz CT molecular complexity index is 825. The molecule has 23 heavy (non-hydrogen) atoms. The molecule has 0 fully saturated rings. The van der Waals surface area contributed by atoms with E-state index in [0.717, 1.165) is 16.6 Å². The average molecular weight is 309 g/mol. The molecule has 3 aromatic rings. The maximum absolute atomic E-state index is 12.4. The summed E-state index contributed by atoms with van der Waals surface area (Å²) in [6.07, 6.45) is 6.79. The van der Waals surface area contributed by atoms with Crippen LogP contribution in [0.5, 0.6) is 0 Å². The van der Waals surface area contributed by atoms with Crippen LogP contribution >= 0.6 is 0 Å². The molecule has 0 bridgehead atoms. The fourth-order valence-corrected chi connectivity index (χ4v) is 2.44. The third kappa shape index (κ3) is 3.06. The number of nitrogens with zero attached hydrogens (tertiary/aromatic N) is 4. The van der Waals surface area contributed by atoms with Crippen LogP contribution in [-0.4, -0.2) is 25.7 Å². The molecule has 0 saturated carbocycles. The van der Waals surface area contributed by atoms with Crippen LogP contribution in [0.25, 0.3) is 11.0 Å². The fourth-order valence-electron chi connectivity index (χ4n) is 2.44. The highest BCUT2D eigenvalue weighted by Gasteiger charge is 2.14. The molecule has 3 aromatic heterocycles. The van der Waals surface area contributed by atoms with Crippen LogP contribution in [0, 0.1) is 0 Å². The normalized spacial score (nSPS) is 12.5. The number of amides is 1. The first-order valence-electron chi connectivity index (χ1n) is 7.60. The molecule has 3 heterocycles. The molecule has 1 atom stereocenters. The van der Waals surface area contributed by atoms with Crippen LogP contribution < -0.4 is 5.32 Å². The third-order valence-corrected chi connectivity index (χ3v) is 3.72.